The standard InChI is InChI=1S/C14H10F4N2O/c15-9-2-1-7(14(19)21)5-8(9)6-20-11-4-3-10(16)12(17)13(11)18/h1-5,20H,6H2,(H2,19,21). The van der Waals surface area contributed by atoms with E-state index in [1.54, 1.807) is 0 Å². The van der Waals surface area contributed by atoms with Gasteiger partial charge in [-0.3, -0.25) is 4.79 Å². The van der Waals surface area contributed by atoms with Crippen LogP contribution in [0.2, 0.25) is 0 Å². The van der Waals surface area contributed by atoms with E-state index in [1.165, 1.54) is 12.1 Å². The third-order valence-electron chi connectivity index (χ3n) is 2.83. The molecule has 0 bridgehead atoms. The molecule has 0 saturated heterocycles. The van der Waals surface area contributed by atoms with Crippen molar-refractivity contribution in [3.63, 3.8) is 0 Å². The number of carbonyl (C=O) groups excluding carboxylic acids is 1. The second-order valence-corrected chi connectivity index (χ2v) is 4.25. The Morgan fingerprint density at radius 2 is 1.67 bits per heavy atom. The Hall–Kier alpha value is -2.57. The molecule has 3 N–H and O–H groups in total. The van der Waals surface area contributed by atoms with Crippen LogP contribution in [-0.2, 0) is 6.54 Å². The van der Waals surface area contributed by atoms with Crippen molar-refractivity contribution in [1.82, 2.24) is 0 Å². The number of halogens is 4. The molecule has 0 unspecified atom stereocenters. The lowest BCUT2D eigenvalue weighted by Gasteiger charge is -2.10. The van der Waals surface area contributed by atoms with Crippen molar-refractivity contribution in [3.05, 3.63) is 64.7 Å². The zero-order valence-corrected chi connectivity index (χ0v) is 10.6. The smallest absolute Gasteiger partial charge is 0.248 e. The Kier molecular flexibility index (Phi) is 4.11. The average molecular weight is 298 g/mol. The fraction of sp³-hybridized carbons (Fsp3) is 0.0714. The quantitative estimate of drug-likeness (QED) is 0.673. The summed E-state index contributed by atoms with van der Waals surface area (Å²) in [6, 6.07) is 5.18. The molecule has 0 aliphatic heterocycles. The van der Waals surface area contributed by atoms with E-state index in [4.69, 9.17) is 5.73 Å². The van der Waals surface area contributed by atoms with Crippen molar-refractivity contribution in [2.45, 2.75) is 6.54 Å². The molecule has 2 rings (SSSR count). The SMILES string of the molecule is NC(=O)c1ccc(F)c(CNc2ccc(F)c(F)c2F)c1. The Balaban J connectivity index is 2.22. The number of anilines is 1. The Bertz CT molecular complexity index is 704. The van der Waals surface area contributed by atoms with Crippen molar-refractivity contribution in [2.75, 3.05) is 5.32 Å². The molecule has 1 amide bonds. The summed E-state index contributed by atoms with van der Waals surface area (Å²) in [7, 11) is 0. The fourth-order valence-electron chi connectivity index (χ4n) is 1.72. The highest BCUT2D eigenvalue weighted by Gasteiger charge is 2.14. The first kappa shape index (κ1) is 14.8. The van der Waals surface area contributed by atoms with Crippen LogP contribution in [0.25, 0.3) is 0 Å². The first-order valence-electron chi connectivity index (χ1n) is 5.85. The Morgan fingerprint density at radius 1 is 1.00 bits per heavy atom. The highest BCUT2D eigenvalue weighted by atomic mass is 19.2. The van der Waals surface area contributed by atoms with Gasteiger partial charge in [0.15, 0.2) is 17.5 Å². The van der Waals surface area contributed by atoms with Crippen molar-refractivity contribution >= 4 is 11.6 Å². The third kappa shape index (κ3) is 3.13. The molecule has 0 fully saturated rings. The van der Waals surface area contributed by atoms with Gasteiger partial charge in [0.1, 0.15) is 5.82 Å². The minimum atomic E-state index is -1.62. The molecule has 2 aromatic rings. The van der Waals surface area contributed by atoms with Gasteiger partial charge in [0, 0.05) is 17.7 Å². The van der Waals surface area contributed by atoms with Gasteiger partial charge in [0.2, 0.25) is 5.91 Å². The third-order valence-corrected chi connectivity index (χ3v) is 2.83. The molecular formula is C14H10F4N2O. The van der Waals surface area contributed by atoms with E-state index in [1.807, 2.05) is 0 Å². The lowest BCUT2D eigenvalue weighted by molar-refractivity contribution is 0.1000. The molecule has 0 aliphatic carbocycles. The molecular weight excluding hydrogens is 288 g/mol. The number of amides is 1. The van der Waals surface area contributed by atoms with Gasteiger partial charge in [-0.25, -0.2) is 17.6 Å². The zero-order chi connectivity index (χ0) is 15.6. The van der Waals surface area contributed by atoms with E-state index in [2.05, 4.69) is 5.32 Å². The number of benzene rings is 2. The molecule has 3 nitrogen and oxygen atoms in total. The molecule has 7 heteroatoms. The molecule has 0 spiro atoms. The second kappa shape index (κ2) is 5.82. The van der Waals surface area contributed by atoms with Crippen LogP contribution in [0.5, 0.6) is 0 Å². The van der Waals surface area contributed by atoms with Crippen molar-refractivity contribution in [1.29, 1.82) is 0 Å². The van der Waals surface area contributed by atoms with Crippen LogP contribution in [0.4, 0.5) is 23.2 Å². The number of primary amides is 1. The Labute approximate surface area is 117 Å². The predicted octanol–water partition coefficient (Wildman–Crippen LogP) is 2.95. The predicted molar refractivity (Wildman–Crippen MR) is 68.6 cm³/mol. The average Bonchev–Trinajstić information content (AvgIpc) is 2.45. The van der Waals surface area contributed by atoms with E-state index in [-0.39, 0.29) is 23.4 Å². The lowest BCUT2D eigenvalue weighted by Crippen LogP contribution is -2.12. The van der Waals surface area contributed by atoms with Crippen LogP contribution >= 0.6 is 0 Å². The molecule has 2 aromatic carbocycles. The summed E-state index contributed by atoms with van der Waals surface area (Å²) in [5, 5.41) is 2.43. The lowest BCUT2D eigenvalue weighted by atomic mass is 10.1. The minimum absolute atomic E-state index is 0.0374. The number of nitrogens with two attached hydrogens (primary N) is 1. The van der Waals surface area contributed by atoms with Crippen LogP contribution in [0, 0.1) is 23.3 Å². The van der Waals surface area contributed by atoms with Gasteiger partial charge in [-0.15, -0.1) is 0 Å². The molecule has 0 saturated carbocycles. The number of rotatable bonds is 4. The summed E-state index contributed by atoms with van der Waals surface area (Å²) in [6.45, 7) is -0.227. The molecule has 0 radical (unpaired) electrons. The maximum atomic E-state index is 13.6. The van der Waals surface area contributed by atoms with Gasteiger partial charge >= 0.3 is 0 Å². The molecule has 21 heavy (non-hydrogen) atoms. The van der Waals surface area contributed by atoms with E-state index >= 15 is 0 Å². The first-order chi connectivity index (χ1) is 9.90. The Morgan fingerprint density at radius 3 is 2.33 bits per heavy atom. The van der Waals surface area contributed by atoms with Crippen LogP contribution in [0.15, 0.2) is 30.3 Å². The van der Waals surface area contributed by atoms with E-state index in [9.17, 15) is 22.4 Å². The molecule has 0 aromatic heterocycles. The van der Waals surface area contributed by atoms with Gasteiger partial charge < -0.3 is 11.1 Å². The maximum Gasteiger partial charge on any atom is 0.248 e. The normalized spacial score (nSPS) is 10.5. The van der Waals surface area contributed by atoms with Crippen LogP contribution in [0.3, 0.4) is 0 Å². The van der Waals surface area contributed by atoms with E-state index in [0.717, 1.165) is 18.2 Å². The summed E-state index contributed by atoms with van der Waals surface area (Å²) in [4.78, 5) is 11.0. The number of hydrogen-bond donors (Lipinski definition) is 2. The zero-order valence-electron chi connectivity index (χ0n) is 10.6. The van der Waals surface area contributed by atoms with Gasteiger partial charge in [0.25, 0.3) is 0 Å². The summed E-state index contributed by atoms with van der Waals surface area (Å²) in [5.74, 6) is -5.72. The number of nitrogens with one attached hydrogen (secondary N) is 1. The molecule has 0 aliphatic rings. The number of hydrogen-bond acceptors (Lipinski definition) is 2. The van der Waals surface area contributed by atoms with Crippen LogP contribution in [0.1, 0.15) is 15.9 Å². The summed E-state index contributed by atoms with van der Waals surface area (Å²) in [5.41, 5.74) is 4.87. The second-order valence-electron chi connectivity index (χ2n) is 4.25. The van der Waals surface area contributed by atoms with Gasteiger partial charge in [-0.05, 0) is 30.3 Å². The van der Waals surface area contributed by atoms with Crippen LogP contribution < -0.4 is 11.1 Å². The molecule has 0 heterocycles. The van der Waals surface area contributed by atoms with Gasteiger partial charge in [0.05, 0.1) is 5.69 Å². The van der Waals surface area contributed by atoms with Gasteiger partial charge in [-0.2, -0.15) is 0 Å². The van der Waals surface area contributed by atoms with Crippen molar-refractivity contribution < 1.29 is 22.4 Å². The molecule has 0 atom stereocenters. The van der Waals surface area contributed by atoms with Crippen molar-refractivity contribution in [3.8, 4) is 0 Å². The number of carbonyl (C=O) groups is 1. The molecule has 110 valence electrons. The highest BCUT2D eigenvalue weighted by Crippen LogP contribution is 2.21. The minimum Gasteiger partial charge on any atom is -0.378 e. The van der Waals surface area contributed by atoms with Gasteiger partial charge in [-0.1, -0.05) is 0 Å². The summed E-state index contributed by atoms with van der Waals surface area (Å²) in [6.07, 6.45) is 0. The topological polar surface area (TPSA) is 55.1 Å². The fourth-order valence-corrected chi connectivity index (χ4v) is 1.72. The summed E-state index contributed by atoms with van der Waals surface area (Å²) >= 11 is 0. The largest absolute Gasteiger partial charge is 0.378 e. The van der Waals surface area contributed by atoms with E-state index < -0.39 is 29.2 Å². The monoisotopic (exact) mass is 298 g/mol. The van der Waals surface area contributed by atoms with E-state index in [0.29, 0.717) is 0 Å². The highest BCUT2D eigenvalue weighted by molar-refractivity contribution is 5.92. The maximum absolute atomic E-state index is 13.6. The van der Waals surface area contributed by atoms with Crippen LogP contribution in [-0.4, -0.2) is 5.91 Å². The first-order valence-corrected chi connectivity index (χ1v) is 5.85. The van der Waals surface area contributed by atoms with Crippen molar-refractivity contribution in [2.24, 2.45) is 5.73 Å². The summed E-state index contributed by atoms with van der Waals surface area (Å²) < 4.78 is 52.8.